The smallest absolute Gasteiger partial charge is 0.254 e. The topological polar surface area (TPSA) is 287 Å². The SMILES string of the molecule is Cc1cc(C)c(C(=O)N2CCN(c3ccc(F)cn3)[C@@H](CO)C2)cc1NC1CCN(c2ccccc2C#N)CC1.Cc1cc(C)c(C(=O)N2CCN(c3ccc(F)cn3)[C@H](CO)C2)cc1NC1CCN(c2ccccc2C#N)CC1.Cc1cc(C)c(C(=O)N2CCN(c3ncccc3F)[C@@H](CO)C2)cc1NC1CCN(c2ccccc2C#N)CC1. The fourth-order valence-corrected chi connectivity index (χ4v) is 17.3. The van der Waals surface area contributed by atoms with Gasteiger partial charge in [-0.2, -0.15) is 15.8 Å². The highest BCUT2D eigenvalue weighted by atomic mass is 19.1. The van der Waals surface area contributed by atoms with E-state index in [0.29, 0.717) is 97.4 Å². The quantitative estimate of drug-likeness (QED) is 0.0465. The Morgan fingerprint density at radius 3 is 1.01 bits per heavy atom. The number of aliphatic hydroxyl groups is 3. The number of nitrogens with one attached hydrogen (secondary N) is 3. The number of nitrogens with zero attached hydrogens (tertiary/aromatic N) is 15. The van der Waals surface area contributed by atoms with Crippen LogP contribution in [0.1, 0.15) is 120 Å². The standard InChI is InChI=1S/3C31H35FN6O2/c1-21-16-22(2)28(35-24-9-12-36(13-10-24)29-8-4-3-6-23(29)18-33)17-26(21)31(40)37-14-15-38(25(19-37)20-39)30-27(32)7-5-11-34-30;2*1-21-15-22(2)28(35-25-9-11-36(12-10-25)29-6-4-3-5-23(29)17-33)16-27(21)31(40)37-13-14-38(26(19-37)20-39)30-8-7-24(32)18-34-30/h3-8,11,16-17,24-25,35,39H,9-10,12-15,19-20H2,1-2H3;2*3-8,15-16,18,25-26,35,39H,9-14,19-20H2,1-2H3/t25-;2*26-/m110/s1. The molecule has 9 heterocycles. The second-order valence-electron chi connectivity index (χ2n) is 31.9. The summed E-state index contributed by atoms with van der Waals surface area (Å²) in [5.74, 6) is -0.0926. The summed E-state index contributed by atoms with van der Waals surface area (Å²) >= 11 is 0. The Labute approximate surface area is 700 Å². The van der Waals surface area contributed by atoms with Gasteiger partial charge in [0.2, 0.25) is 0 Å². The number of rotatable bonds is 18. The zero-order valence-corrected chi connectivity index (χ0v) is 68.9. The van der Waals surface area contributed by atoms with Crippen LogP contribution in [-0.2, 0) is 0 Å². The molecule has 6 N–H and O–H groups in total. The van der Waals surface area contributed by atoms with Crippen LogP contribution in [-0.4, -0.2) is 217 Å². The highest BCUT2D eigenvalue weighted by Crippen LogP contribution is 2.35. The zero-order valence-electron chi connectivity index (χ0n) is 68.9. The number of aromatic nitrogens is 3. The maximum atomic E-state index is 14.4. The number of pyridine rings is 3. The number of hydrogen-bond donors (Lipinski definition) is 6. The molecule has 624 valence electrons. The van der Waals surface area contributed by atoms with Gasteiger partial charge >= 0.3 is 0 Å². The monoisotopic (exact) mass is 1630 g/mol. The molecule has 0 bridgehead atoms. The lowest BCUT2D eigenvalue weighted by Gasteiger charge is -2.41. The minimum Gasteiger partial charge on any atom is -0.394 e. The maximum absolute atomic E-state index is 14.4. The molecule has 3 amide bonds. The van der Waals surface area contributed by atoms with Crippen LogP contribution in [0.5, 0.6) is 0 Å². The van der Waals surface area contributed by atoms with E-state index < -0.39 is 23.5 Å². The van der Waals surface area contributed by atoms with E-state index in [2.05, 4.69) is 89.8 Å². The minimum atomic E-state index is -0.443. The van der Waals surface area contributed by atoms with E-state index in [1.165, 1.54) is 42.9 Å². The molecule has 6 aliphatic heterocycles. The summed E-state index contributed by atoms with van der Waals surface area (Å²) in [6, 6.07) is 50.6. The van der Waals surface area contributed by atoms with Gasteiger partial charge in [-0.15, -0.1) is 0 Å². The molecule has 0 spiro atoms. The molecular formula is C93H105F3N18O6. The summed E-state index contributed by atoms with van der Waals surface area (Å²) in [4.78, 5) is 71.3. The van der Waals surface area contributed by atoms with E-state index in [0.717, 1.165) is 145 Å². The number of aryl methyl sites for hydroxylation is 6. The van der Waals surface area contributed by atoms with Gasteiger partial charge in [-0.1, -0.05) is 54.6 Å². The summed E-state index contributed by atoms with van der Waals surface area (Å²) in [5.41, 5.74) is 15.8. The molecule has 0 unspecified atom stereocenters. The van der Waals surface area contributed by atoms with Crippen LogP contribution >= 0.6 is 0 Å². The van der Waals surface area contributed by atoms with Crippen LogP contribution in [0, 0.1) is 93.0 Å². The number of benzene rings is 6. The third-order valence-electron chi connectivity index (χ3n) is 24.0. The lowest BCUT2D eigenvalue weighted by atomic mass is 9.99. The number of aliphatic hydroxyl groups excluding tert-OH is 3. The number of nitriles is 3. The molecule has 6 aromatic carbocycles. The lowest BCUT2D eigenvalue weighted by molar-refractivity contribution is 0.0689. The molecule has 6 fully saturated rings. The first-order chi connectivity index (χ1) is 58.1. The minimum absolute atomic E-state index is 0.0614. The van der Waals surface area contributed by atoms with Crippen molar-refractivity contribution in [1.82, 2.24) is 29.7 Å². The molecule has 6 saturated heterocycles. The van der Waals surface area contributed by atoms with E-state index in [4.69, 9.17) is 0 Å². The van der Waals surface area contributed by atoms with Crippen LogP contribution in [0.3, 0.4) is 0 Å². The molecule has 24 nitrogen and oxygen atoms in total. The van der Waals surface area contributed by atoms with Gasteiger partial charge in [-0.05, 0) is 204 Å². The second-order valence-corrected chi connectivity index (χ2v) is 31.9. The maximum Gasteiger partial charge on any atom is 0.254 e. The van der Waals surface area contributed by atoms with Crippen molar-refractivity contribution in [3.05, 3.63) is 248 Å². The van der Waals surface area contributed by atoms with Gasteiger partial charge in [0.15, 0.2) is 11.6 Å². The van der Waals surface area contributed by atoms with Gasteiger partial charge in [0.1, 0.15) is 41.5 Å². The molecule has 27 heteroatoms. The van der Waals surface area contributed by atoms with Crippen molar-refractivity contribution in [2.75, 3.05) is 163 Å². The van der Waals surface area contributed by atoms with Crippen molar-refractivity contribution < 1.29 is 42.9 Å². The Hall–Kier alpha value is -12.5. The first-order valence-electron chi connectivity index (χ1n) is 41.3. The van der Waals surface area contributed by atoms with Crippen LogP contribution in [0.4, 0.5) is 64.7 Å². The van der Waals surface area contributed by atoms with Crippen molar-refractivity contribution in [3.8, 4) is 18.2 Å². The zero-order chi connectivity index (χ0) is 84.7. The predicted molar refractivity (Wildman–Crippen MR) is 463 cm³/mol. The Morgan fingerprint density at radius 2 is 0.708 bits per heavy atom. The van der Waals surface area contributed by atoms with Gasteiger partial charge in [-0.3, -0.25) is 14.4 Å². The molecule has 0 aliphatic carbocycles. The Kier molecular flexibility index (Phi) is 28.0. The average Bonchev–Trinajstić information content (AvgIpc) is 0.797. The fraction of sp³-hybridized carbons (Fsp3) is 0.387. The van der Waals surface area contributed by atoms with E-state index in [9.17, 15) is 58.7 Å². The number of para-hydroxylation sites is 3. The van der Waals surface area contributed by atoms with Crippen LogP contribution in [0.25, 0.3) is 0 Å². The number of carbonyl (C=O) groups excluding carboxylic acids is 3. The van der Waals surface area contributed by atoms with E-state index in [-0.39, 0.29) is 80.1 Å². The molecule has 9 aromatic rings. The Morgan fingerprint density at radius 1 is 0.392 bits per heavy atom. The summed E-state index contributed by atoms with van der Waals surface area (Å²) in [5, 5.41) is 69.6. The molecule has 0 saturated carbocycles. The molecule has 6 aliphatic rings. The average molecular weight is 1630 g/mol. The molecule has 3 aromatic heterocycles. The largest absolute Gasteiger partial charge is 0.394 e. The Bertz CT molecular complexity index is 5020. The number of piperazine rings is 3. The van der Waals surface area contributed by atoms with E-state index in [1.54, 1.807) is 31.7 Å². The molecule has 15 rings (SSSR count). The van der Waals surface area contributed by atoms with Gasteiger partial charge in [-0.25, -0.2) is 28.1 Å². The van der Waals surface area contributed by atoms with Gasteiger partial charge in [0.05, 0.1) is 84.1 Å². The van der Waals surface area contributed by atoms with Crippen molar-refractivity contribution in [3.63, 3.8) is 0 Å². The highest BCUT2D eigenvalue weighted by Gasteiger charge is 2.37. The predicted octanol–water partition coefficient (Wildman–Crippen LogP) is 12.3. The number of piperidine rings is 3. The number of carbonyl (C=O) groups is 3. The molecular weight excluding hydrogens is 1520 g/mol. The third kappa shape index (κ3) is 19.9. The normalized spacial score (nSPS) is 18.0. The molecule has 120 heavy (non-hydrogen) atoms. The van der Waals surface area contributed by atoms with Crippen molar-refractivity contribution >= 4 is 69.3 Å². The summed E-state index contributed by atoms with van der Waals surface area (Å²) < 4.78 is 41.1. The fourth-order valence-electron chi connectivity index (χ4n) is 17.3. The number of anilines is 9. The summed E-state index contributed by atoms with van der Waals surface area (Å²) in [6.07, 6.45) is 9.40. The van der Waals surface area contributed by atoms with Crippen LogP contribution in [0.2, 0.25) is 0 Å². The van der Waals surface area contributed by atoms with Crippen molar-refractivity contribution in [2.24, 2.45) is 0 Å². The van der Waals surface area contributed by atoms with Crippen LogP contribution < -0.4 is 45.3 Å². The van der Waals surface area contributed by atoms with Crippen LogP contribution in [0.15, 0.2) is 164 Å². The van der Waals surface area contributed by atoms with Crippen molar-refractivity contribution in [1.29, 1.82) is 15.8 Å². The number of hydrogen-bond acceptors (Lipinski definition) is 21. The number of amides is 3. The highest BCUT2D eigenvalue weighted by molar-refractivity contribution is 5.99. The molecule has 0 radical (unpaired) electrons. The summed E-state index contributed by atoms with van der Waals surface area (Å²) in [6.45, 7) is 20.3. The second kappa shape index (κ2) is 39.4. The first-order valence-corrected chi connectivity index (χ1v) is 41.3. The first kappa shape index (κ1) is 85.4. The summed E-state index contributed by atoms with van der Waals surface area (Å²) in [7, 11) is 0. The van der Waals surface area contributed by atoms with Gasteiger partial charge in [0, 0.05) is 156 Å². The van der Waals surface area contributed by atoms with E-state index in [1.807, 2.05) is 135 Å². The third-order valence-corrected chi connectivity index (χ3v) is 24.0. The lowest BCUT2D eigenvalue weighted by Crippen LogP contribution is -2.56. The molecule has 3 atom stereocenters. The van der Waals surface area contributed by atoms with Crippen molar-refractivity contribution in [2.45, 2.75) is 116 Å². The Balaban J connectivity index is 0.000000156. The van der Waals surface area contributed by atoms with Gasteiger partial charge < -0.3 is 75.4 Å². The van der Waals surface area contributed by atoms with E-state index >= 15 is 0 Å². The van der Waals surface area contributed by atoms with Gasteiger partial charge in [0.25, 0.3) is 17.7 Å². The number of halogens is 3.